The van der Waals surface area contributed by atoms with Crippen molar-refractivity contribution >= 4 is 22.7 Å². The zero-order valence-electron chi connectivity index (χ0n) is 8.98. The third-order valence-electron chi connectivity index (χ3n) is 2.14. The van der Waals surface area contributed by atoms with Crippen LogP contribution in [-0.2, 0) is 19.5 Å². The van der Waals surface area contributed by atoms with E-state index in [2.05, 4.69) is 33.2 Å². The van der Waals surface area contributed by atoms with E-state index >= 15 is 0 Å². The van der Waals surface area contributed by atoms with Crippen LogP contribution in [0.4, 0.5) is 0 Å². The molecule has 0 aliphatic heterocycles. The third-order valence-corrected chi connectivity index (χ3v) is 3.98. The Bertz CT molecular complexity index is 409. The van der Waals surface area contributed by atoms with E-state index < -0.39 is 0 Å². The van der Waals surface area contributed by atoms with E-state index in [4.69, 9.17) is 5.73 Å². The van der Waals surface area contributed by atoms with Gasteiger partial charge in [-0.1, -0.05) is 6.07 Å². The number of aromatic nitrogens is 1. The maximum atomic E-state index is 5.49. The second-order valence-corrected chi connectivity index (χ2v) is 5.43. The van der Waals surface area contributed by atoms with Gasteiger partial charge in [-0.15, -0.1) is 22.7 Å². The highest BCUT2D eigenvalue weighted by Gasteiger charge is 2.01. The molecule has 0 bridgehead atoms. The molecular weight excluding hydrogens is 238 g/mol. The Labute approximate surface area is 103 Å². The Morgan fingerprint density at radius 1 is 1.31 bits per heavy atom. The van der Waals surface area contributed by atoms with Crippen LogP contribution in [-0.4, -0.2) is 11.5 Å². The second-order valence-electron chi connectivity index (χ2n) is 3.45. The standard InChI is InChI=1S/C11H15N3S2/c12-4-3-11-14-9(8-16-11)6-13-7-10-2-1-5-15-10/h1-2,5,8,13H,3-4,6-7,12H2. The molecule has 0 unspecified atom stereocenters. The molecular formula is C11H15N3S2. The molecule has 5 heteroatoms. The zero-order valence-corrected chi connectivity index (χ0v) is 10.6. The Kier molecular flexibility index (Phi) is 4.47. The van der Waals surface area contributed by atoms with Gasteiger partial charge in [-0.25, -0.2) is 4.98 Å². The summed E-state index contributed by atoms with van der Waals surface area (Å²) >= 11 is 3.47. The number of nitrogens with one attached hydrogen (secondary N) is 1. The third kappa shape index (κ3) is 3.38. The van der Waals surface area contributed by atoms with Gasteiger partial charge < -0.3 is 11.1 Å². The lowest BCUT2D eigenvalue weighted by molar-refractivity contribution is 0.687. The van der Waals surface area contributed by atoms with Crippen LogP contribution in [0.3, 0.4) is 0 Å². The van der Waals surface area contributed by atoms with Crippen molar-refractivity contribution < 1.29 is 0 Å². The summed E-state index contributed by atoms with van der Waals surface area (Å²) in [5.41, 5.74) is 6.60. The molecule has 0 aliphatic carbocycles. The first kappa shape index (κ1) is 11.7. The minimum atomic E-state index is 0.676. The molecule has 0 atom stereocenters. The number of hydrogen-bond donors (Lipinski definition) is 2. The molecule has 0 spiro atoms. The van der Waals surface area contributed by atoms with Gasteiger partial charge in [-0.05, 0) is 18.0 Å². The molecule has 0 aliphatic rings. The summed E-state index contributed by atoms with van der Waals surface area (Å²) in [6.07, 6.45) is 0.885. The van der Waals surface area contributed by atoms with Gasteiger partial charge in [-0.2, -0.15) is 0 Å². The van der Waals surface area contributed by atoms with Crippen LogP contribution in [0.1, 0.15) is 15.6 Å². The van der Waals surface area contributed by atoms with Gasteiger partial charge in [-0.3, -0.25) is 0 Å². The first-order valence-corrected chi connectivity index (χ1v) is 7.01. The highest BCUT2D eigenvalue weighted by atomic mass is 32.1. The van der Waals surface area contributed by atoms with Crippen molar-refractivity contribution in [2.45, 2.75) is 19.5 Å². The Morgan fingerprint density at radius 3 is 3.00 bits per heavy atom. The lowest BCUT2D eigenvalue weighted by Crippen LogP contribution is -2.12. The second kappa shape index (κ2) is 6.10. The summed E-state index contributed by atoms with van der Waals surface area (Å²) in [7, 11) is 0. The Hall–Kier alpha value is -0.750. The Morgan fingerprint density at radius 2 is 2.25 bits per heavy atom. The summed E-state index contributed by atoms with van der Waals surface area (Å²) in [6.45, 7) is 2.43. The van der Waals surface area contributed by atoms with Crippen molar-refractivity contribution in [2.75, 3.05) is 6.54 Å². The lowest BCUT2D eigenvalue weighted by Gasteiger charge is -1.99. The summed E-state index contributed by atoms with van der Waals surface area (Å²) in [5.74, 6) is 0. The number of rotatable bonds is 6. The molecule has 3 N–H and O–H groups in total. The van der Waals surface area contributed by atoms with Crippen molar-refractivity contribution in [1.29, 1.82) is 0 Å². The lowest BCUT2D eigenvalue weighted by atomic mass is 10.4. The van der Waals surface area contributed by atoms with Gasteiger partial charge in [0.05, 0.1) is 10.7 Å². The fourth-order valence-electron chi connectivity index (χ4n) is 1.40. The number of nitrogens with two attached hydrogens (primary N) is 1. The molecule has 0 aromatic carbocycles. The predicted molar refractivity (Wildman–Crippen MR) is 69.7 cm³/mol. The first-order chi connectivity index (χ1) is 7.88. The molecule has 0 fully saturated rings. The van der Waals surface area contributed by atoms with Crippen molar-refractivity contribution in [3.8, 4) is 0 Å². The fourth-order valence-corrected chi connectivity index (χ4v) is 2.88. The van der Waals surface area contributed by atoms with E-state index in [0.29, 0.717) is 6.54 Å². The number of thiazole rings is 1. The van der Waals surface area contributed by atoms with Crippen LogP contribution in [0.2, 0.25) is 0 Å². The minimum absolute atomic E-state index is 0.676. The largest absolute Gasteiger partial charge is 0.330 e. The maximum Gasteiger partial charge on any atom is 0.0941 e. The molecule has 2 aromatic rings. The highest BCUT2D eigenvalue weighted by Crippen LogP contribution is 2.11. The van der Waals surface area contributed by atoms with E-state index in [1.807, 2.05) is 0 Å². The van der Waals surface area contributed by atoms with Gasteiger partial charge in [0.15, 0.2) is 0 Å². The highest BCUT2D eigenvalue weighted by molar-refractivity contribution is 7.10. The Balaban J connectivity index is 1.76. The van der Waals surface area contributed by atoms with Crippen molar-refractivity contribution in [3.05, 3.63) is 38.5 Å². The summed E-state index contributed by atoms with van der Waals surface area (Å²) < 4.78 is 0. The first-order valence-electron chi connectivity index (χ1n) is 5.25. The maximum absolute atomic E-state index is 5.49. The smallest absolute Gasteiger partial charge is 0.0941 e. The molecule has 86 valence electrons. The van der Waals surface area contributed by atoms with Gasteiger partial charge in [0.1, 0.15) is 0 Å². The summed E-state index contributed by atoms with van der Waals surface area (Å²) in [6, 6.07) is 4.21. The summed E-state index contributed by atoms with van der Waals surface area (Å²) in [5, 5.41) is 8.72. The molecule has 16 heavy (non-hydrogen) atoms. The number of hydrogen-bond acceptors (Lipinski definition) is 5. The normalized spacial score (nSPS) is 10.8. The van der Waals surface area contributed by atoms with E-state index in [1.54, 1.807) is 22.7 Å². The van der Waals surface area contributed by atoms with Crippen LogP contribution >= 0.6 is 22.7 Å². The SMILES string of the molecule is NCCc1nc(CNCc2cccs2)cs1. The topological polar surface area (TPSA) is 50.9 Å². The van der Waals surface area contributed by atoms with Crippen LogP contribution in [0, 0.1) is 0 Å². The van der Waals surface area contributed by atoms with E-state index in [9.17, 15) is 0 Å². The quantitative estimate of drug-likeness (QED) is 0.828. The van der Waals surface area contributed by atoms with E-state index in [-0.39, 0.29) is 0 Å². The van der Waals surface area contributed by atoms with E-state index in [1.165, 1.54) is 4.88 Å². The van der Waals surface area contributed by atoms with Crippen LogP contribution < -0.4 is 11.1 Å². The zero-order chi connectivity index (χ0) is 11.2. The van der Waals surface area contributed by atoms with Gasteiger partial charge in [0.2, 0.25) is 0 Å². The number of thiophene rings is 1. The average molecular weight is 253 g/mol. The predicted octanol–water partition coefficient (Wildman–Crippen LogP) is 2.00. The molecule has 2 heterocycles. The van der Waals surface area contributed by atoms with Gasteiger partial charge >= 0.3 is 0 Å². The van der Waals surface area contributed by atoms with E-state index in [0.717, 1.165) is 30.2 Å². The van der Waals surface area contributed by atoms with Gasteiger partial charge in [0, 0.05) is 29.8 Å². The average Bonchev–Trinajstić information content (AvgIpc) is 2.90. The van der Waals surface area contributed by atoms with Crippen LogP contribution in [0.15, 0.2) is 22.9 Å². The number of nitrogens with zero attached hydrogens (tertiary/aromatic N) is 1. The minimum Gasteiger partial charge on any atom is -0.330 e. The molecule has 0 radical (unpaired) electrons. The molecule has 2 rings (SSSR count). The van der Waals surface area contributed by atoms with Crippen LogP contribution in [0.5, 0.6) is 0 Å². The summed E-state index contributed by atoms with van der Waals surface area (Å²) in [4.78, 5) is 5.86. The monoisotopic (exact) mass is 253 g/mol. The van der Waals surface area contributed by atoms with Crippen molar-refractivity contribution in [3.63, 3.8) is 0 Å². The molecule has 0 saturated carbocycles. The van der Waals surface area contributed by atoms with Crippen molar-refractivity contribution in [2.24, 2.45) is 5.73 Å². The van der Waals surface area contributed by atoms with Crippen LogP contribution in [0.25, 0.3) is 0 Å². The molecule has 3 nitrogen and oxygen atoms in total. The molecule has 0 saturated heterocycles. The van der Waals surface area contributed by atoms with Gasteiger partial charge in [0.25, 0.3) is 0 Å². The molecule has 2 aromatic heterocycles. The fraction of sp³-hybridized carbons (Fsp3) is 0.364. The van der Waals surface area contributed by atoms with Crippen molar-refractivity contribution in [1.82, 2.24) is 10.3 Å². The molecule has 0 amide bonds.